The van der Waals surface area contributed by atoms with Crippen molar-refractivity contribution in [3.63, 3.8) is 0 Å². The Morgan fingerprint density at radius 1 is 1.29 bits per heavy atom. The van der Waals surface area contributed by atoms with Crippen molar-refractivity contribution >= 4 is 10.2 Å². The van der Waals surface area contributed by atoms with E-state index in [0.29, 0.717) is 24.5 Å². The Balaban J connectivity index is 1.62. The molecule has 1 aromatic carbocycles. The number of methoxy groups -OCH3 is 1. The standard InChI is InChI=1S/C24H38N4O5S/c1-16-12-19(6-7-20(16)14-25)18-8-10-21(11-9-18)33-15-23-22(26-34(30,31)27(3)4)13-17(2)28(23)24(29)32-5/h6-7,12,17-18,21-24,26,29H,8-11,13,15H2,1-5H3/t17-,18-,21+,22+,23+,24?/m1/s1. The van der Waals surface area contributed by atoms with E-state index in [1.165, 1.54) is 26.8 Å². The number of hydrogen-bond donors (Lipinski definition) is 2. The molecule has 34 heavy (non-hydrogen) atoms. The van der Waals surface area contributed by atoms with Crippen molar-refractivity contribution in [3.05, 3.63) is 34.9 Å². The number of nitrogens with zero attached hydrogens (tertiary/aromatic N) is 3. The lowest BCUT2D eigenvalue weighted by molar-refractivity contribution is -0.199. The summed E-state index contributed by atoms with van der Waals surface area (Å²) in [6, 6.07) is 7.48. The van der Waals surface area contributed by atoms with Crippen molar-refractivity contribution in [1.29, 1.82) is 5.26 Å². The fourth-order valence-electron chi connectivity index (χ4n) is 5.17. The third-order valence-corrected chi connectivity index (χ3v) is 8.78. The molecule has 1 aliphatic carbocycles. The van der Waals surface area contributed by atoms with E-state index < -0.39 is 22.7 Å². The van der Waals surface area contributed by atoms with Crippen molar-refractivity contribution in [1.82, 2.24) is 13.9 Å². The highest BCUT2D eigenvalue weighted by molar-refractivity contribution is 7.87. The molecule has 1 aliphatic heterocycles. The molecule has 1 heterocycles. The molecule has 1 unspecified atom stereocenters. The molecule has 10 heteroatoms. The van der Waals surface area contributed by atoms with E-state index in [1.807, 2.05) is 19.9 Å². The van der Waals surface area contributed by atoms with E-state index >= 15 is 0 Å². The second-order valence-corrected chi connectivity index (χ2v) is 11.6. The minimum Gasteiger partial charge on any atom is -0.377 e. The topological polar surface area (TPSA) is 115 Å². The van der Waals surface area contributed by atoms with Gasteiger partial charge < -0.3 is 14.6 Å². The number of aliphatic hydroxyl groups excluding tert-OH is 1. The molecule has 2 N–H and O–H groups in total. The molecule has 2 fully saturated rings. The summed E-state index contributed by atoms with van der Waals surface area (Å²) in [5, 5.41) is 19.6. The smallest absolute Gasteiger partial charge is 0.279 e. The molecule has 1 saturated heterocycles. The van der Waals surface area contributed by atoms with E-state index in [1.54, 1.807) is 4.90 Å². The monoisotopic (exact) mass is 494 g/mol. The van der Waals surface area contributed by atoms with Crippen LogP contribution in [0.4, 0.5) is 0 Å². The third kappa shape index (κ3) is 6.15. The molecule has 190 valence electrons. The zero-order chi connectivity index (χ0) is 25.0. The minimum atomic E-state index is -3.62. The van der Waals surface area contributed by atoms with Gasteiger partial charge in [0, 0.05) is 33.3 Å². The Morgan fingerprint density at radius 3 is 2.53 bits per heavy atom. The highest BCUT2D eigenvalue weighted by Crippen LogP contribution is 2.35. The number of likely N-dealkylation sites (tertiary alicyclic amines) is 1. The van der Waals surface area contributed by atoms with Crippen LogP contribution in [0.5, 0.6) is 0 Å². The molecule has 1 saturated carbocycles. The quantitative estimate of drug-likeness (QED) is 0.505. The Bertz CT molecular complexity index is 972. The molecule has 0 spiro atoms. The SMILES string of the molecule is COC(O)N1[C@H](C)C[C@H](NS(=O)(=O)N(C)C)[C@@H]1CO[C@H]1CC[C@@H](c2ccc(C#N)c(C)c2)CC1. The maximum Gasteiger partial charge on any atom is 0.279 e. The summed E-state index contributed by atoms with van der Waals surface area (Å²) in [4.78, 5) is 1.79. The highest BCUT2D eigenvalue weighted by Gasteiger charge is 2.44. The van der Waals surface area contributed by atoms with Gasteiger partial charge in [0.25, 0.3) is 10.2 Å². The summed E-state index contributed by atoms with van der Waals surface area (Å²) in [7, 11) is 0.780. The number of aliphatic hydroxyl groups is 1. The van der Waals surface area contributed by atoms with Crippen LogP contribution < -0.4 is 4.72 Å². The molecule has 1 aromatic rings. The van der Waals surface area contributed by atoms with Crippen LogP contribution >= 0.6 is 0 Å². The van der Waals surface area contributed by atoms with Gasteiger partial charge in [-0.3, -0.25) is 0 Å². The first-order valence-corrected chi connectivity index (χ1v) is 13.3. The number of benzene rings is 1. The zero-order valence-electron chi connectivity index (χ0n) is 20.8. The van der Waals surface area contributed by atoms with E-state index in [4.69, 9.17) is 14.7 Å². The summed E-state index contributed by atoms with van der Waals surface area (Å²) < 4.78 is 40.3. The number of nitrogens with one attached hydrogen (secondary N) is 1. The van der Waals surface area contributed by atoms with Crippen molar-refractivity contribution in [2.75, 3.05) is 27.8 Å². The second-order valence-electron chi connectivity index (χ2n) is 9.67. The summed E-state index contributed by atoms with van der Waals surface area (Å²) in [5.74, 6) is 0.448. The lowest BCUT2D eigenvalue weighted by Crippen LogP contribution is -2.53. The van der Waals surface area contributed by atoms with Crippen molar-refractivity contribution in [2.45, 2.75) is 82.5 Å². The molecular formula is C24H38N4O5S. The molecule has 3 rings (SSSR count). The maximum absolute atomic E-state index is 12.5. The average molecular weight is 495 g/mol. The van der Waals surface area contributed by atoms with E-state index in [9.17, 15) is 13.5 Å². The maximum atomic E-state index is 12.5. The Morgan fingerprint density at radius 2 is 1.97 bits per heavy atom. The first-order chi connectivity index (χ1) is 16.1. The van der Waals surface area contributed by atoms with Gasteiger partial charge in [-0.15, -0.1) is 0 Å². The van der Waals surface area contributed by atoms with Crippen LogP contribution in [0.1, 0.15) is 61.6 Å². The first kappa shape index (κ1) is 27.0. The predicted molar refractivity (Wildman–Crippen MR) is 129 cm³/mol. The Kier molecular flexibility index (Phi) is 9.09. The molecule has 0 aromatic heterocycles. The van der Waals surface area contributed by atoms with Crippen molar-refractivity contribution in [2.24, 2.45) is 0 Å². The molecule has 4 atom stereocenters. The molecule has 9 nitrogen and oxygen atoms in total. The largest absolute Gasteiger partial charge is 0.377 e. The summed E-state index contributed by atoms with van der Waals surface area (Å²) in [6.07, 6.45) is 3.31. The van der Waals surface area contributed by atoms with Crippen LogP contribution in [0, 0.1) is 18.3 Å². The van der Waals surface area contributed by atoms with Gasteiger partial charge in [0.15, 0.2) is 0 Å². The third-order valence-electron chi connectivity index (χ3n) is 7.22. The van der Waals surface area contributed by atoms with Crippen molar-refractivity contribution < 1.29 is 23.0 Å². The van der Waals surface area contributed by atoms with Crippen molar-refractivity contribution in [3.8, 4) is 6.07 Å². The Labute approximate surface area is 203 Å². The highest BCUT2D eigenvalue weighted by atomic mass is 32.2. The normalized spacial score (nSPS) is 29.3. The van der Waals surface area contributed by atoms with Crippen LogP contribution in [0.15, 0.2) is 18.2 Å². The number of hydrogen-bond acceptors (Lipinski definition) is 7. The summed E-state index contributed by atoms with van der Waals surface area (Å²) >= 11 is 0. The lowest BCUT2D eigenvalue weighted by atomic mass is 9.82. The number of nitriles is 1. The van der Waals surface area contributed by atoms with Crippen LogP contribution in [-0.4, -0.2) is 81.2 Å². The number of aryl methyl sites for hydroxylation is 1. The molecule has 2 aliphatic rings. The summed E-state index contributed by atoms with van der Waals surface area (Å²) in [6.45, 7) is 4.22. The van der Waals surface area contributed by atoms with Gasteiger partial charge in [-0.1, -0.05) is 12.1 Å². The van der Waals surface area contributed by atoms with E-state index in [2.05, 4.69) is 22.9 Å². The van der Waals surface area contributed by atoms with Gasteiger partial charge in [-0.2, -0.15) is 22.7 Å². The number of rotatable bonds is 9. The van der Waals surface area contributed by atoms with Gasteiger partial charge >= 0.3 is 0 Å². The van der Waals surface area contributed by atoms with Crippen LogP contribution in [0.3, 0.4) is 0 Å². The Hall–Kier alpha value is -1.58. The summed E-state index contributed by atoms with van der Waals surface area (Å²) in [5.41, 5.74) is 3.00. The van der Waals surface area contributed by atoms with Gasteiger partial charge in [0.1, 0.15) is 0 Å². The first-order valence-electron chi connectivity index (χ1n) is 11.9. The predicted octanol–water partition coefficient (Wildman–Crippen LogP) is 2.06. The molecule has 0 bridgehead atoms. The lowest BCUT2D eigenvalue weighted by Gasteiger charge is -2.35. The fraction of sp³-hybridized carbons (Fsp3) is 0.708. The molecule has 0 amide bonds. The minimum absolute atomic E-state index is 0.0752. The fourth-order valence-corrected chi connectivity index (χ4v) is 6.02. The van der Waals surface area contributed by atoms with Gasteiger partial charge in [0.05, 0.1) is 30.4 Å². The van der Waals surface area contributed by atoms with Crippen LogP contribution in [-0.2, 0) is 19.7 Å². The van der Waals surface area contributed by atoms with Gasteiger partial charge in [0.2, 0.25) is 6.41 Å². The van der Waals surface area contributed by atoms with E-state index in [0.717, 1.165) is 35.6 Å². The average Bonchev–Trinajstić information content (AvgIpc) is 3.11. The zero-order valence-corrected chi connectivity index (χ0v) is 21.6. The second kappa shape index (κ2) is 11.4. The molecular weight excluding hydrogens is 456 g/mol. The number of ether oxygens (including phenoxy) is 2. The van der Waals surface area contributed by atoms with Crippen LogP contribution in [0.25, 0.3) is 0 Å². The van der Waals surface area contributed by atoms with E-state index in [-0.39, 0.29) is 18.2 Å². The van der Waals surface area contributed by atoms with Gasteiger partial charge in [-0.05, 0) is 69.1 Å². The molecule has 0 radical (unpaired) electrons. The van der Waals surface area contributed by atoms with Crippen LogP contribution in [0.2, 0.25) is 0 Å². The van der Waals surface area contributed by atoms with Gasteiger partial charge in [-0.25, -0.2) is 4.90 Å².